The van der Waals surface area contributed by atoms with Crippen LogP contribution >= 0.6 is 0 Å². The SMILES string of the molecule is CN(C=O)C1C[C@@H](N)C(CO)O1. The number of rotatable bonds is 3. The maximum atomic E-state index is 10.3. The summed E-state index contributed by atoms with van der Waals surface area (Å²) in [5, 5.41) is 8.80. The molecule has 3 N–H and O–H groups in total. The summed E-state index contributed by atoms with van der Waals surface area (Å²) >= 11 is 0. The molecule has 0 aromatic rings. The van der Waals surface area contributed by atoms with E-state index in [-0.39, 0.29) is 25.0 Å². The maximum Gasteiger partial charge on any atom is 0.211 e. The summed E-state index contributed by atoms with van der Waals surface area (Å²) in [5.74, 6) is 0. The van der Waals surface area contributed by atoms with Crippen molar-refractivity contribution in [3.8, 4) is 0 Å². The predicted octanol–water partition coefficient (Wildman–Crippen LogP) is -1.49. The van der Waals surface area contributed by atoms with Crippen LogP contribution in [-0.2, 0) is 9.53 Å². The van der Waals surface area contributed by atoms with Gasteiger partial charge in [-0.1, -0.05) is 0 Å². The average molecular weight is 174 g/mol. The van der Waals surface area contributed by atoms with E-state index in [2.05, 4.69) is 0 Å². The molecule has 0 saturated carbocycles. The topological polar surface area (TPSA) is 75.8 Å². The van der Waals surface area contributed by atoms with Gasteiger partial charge in [-0.25, -0.2) is 0 Å². The van der Waals surface area contributed by atoms with E-state index in [4.69, 9.17) is 15.6 Å². The first kappa shape index (κ1) is 9.44. The van der Waals surface area contributed by atoms with Gasteiger partial charge in [0.15, 0.2) is 0 Å². The van der Waals surface area contributed by atoms with Crippen molar-refractivity contribution in [3.63, 3.8) is 0 Å². The fourth-order valence-electron chi connectivity index (χ4n) is 1.25. The Morgan fingerprint density at radius 2 is 2.50 bits per heavy atom. The van der Waals surface area contributed by atoms with Crippen LogP contribution in [0, 0.1) is 0 Å². The van der Waals surface area contributed by atoms with Gasteiger partial charge in [0.2, 0.25) is 6.41 Å². The van der Waals surface area contributed by atoms with Gasteiger partial charge in [0.1, 0.15) is 6.23 Å². The molecule has 0 aromatic carbocycles. The van der Waals surface area contributed by atoms with Crippen LogP contribution in [0.15, 0.2) is 0 Å². The van der Waals surface area contributed by atoms with Gasteiger partial charge in [0.25, 0.3) is 0 Å². The van der Waals surface area contributed by atoms with Crippen molar-refractivity contribution in [1.82, 2.24) is 4.90 Å². The lowest BCUT2D eigenvalue weighted by Gasteiger charge is -2.19. The van der Waals surface area contributed by atoms with Crippen LogP contribution in [-0.4, -0.2) is 48.4 Å². The summed E-state index contributed by atoms with van der Waals surface area (Å²) in [7, 11) is 1.63. The van der Waals surface area contributed by atoms with Crippen molar-refractivity contribution < 1.29 is 14.6 Å². The molecule has 5 nitrogen and oxygen atoms in total. The minimum atomic E-state index is -0.336. The number of ether oxygens (including phenoxy) is 1. The van der Waals surface area contributed by atoms with Crippen LogP contribution in [0.25, 0.3) is 0 Å². The number of hydrogen-bond acceptors (Lipinski definition) is 4. The zero-order valence-electron chi connectivity index (χ0n) is 7.01. The molecule has 1 aliphatic heterocycles. The van der Waals surface area contributed by atoms with E-state index in [9.17, 15) is 4.79 Å². The summed E-state index contributed by atoms with van der Waals surface area (Å²) in [6.45, 7) is -0.0929. The quantitative estimate of drug-likeness (QED) is 0.511. The Labute approximate surface area is 71.1 Å². The number of hydrogen-bond donors (Lipinski definition) is 2. The molecule has 12 heavy (non-hydrogen) atoms. The van der Waals surface area contributed by atoms with Gasteiger partial charge in [-0.3, -0.25) is 4.79 Å². The molecule has 1 rings (SSSR count). The Bertz CT molecular complexity index is 165. The molecule has 3 atom stereocenters. The monoisotopic (exact) mass is 174 g/mol. The Hall–Kier alpha value is -0.650. The lowest BCUT2D eigenvalue weighted by molar-refractivity contribution is -0.129. The molecule has 1 heterocycles. The van der Waals surface area contributed by atoms with Gasteiger partial charge in [0, 0.05) is 19.5 Å². The van der Waals surface area contributed by atoms with Crippen LogP contribution in [0.5, 0.6) is 0 Å². The van der Waals surface area contributed by atoms with Gasteiger partial charge in [-0.2, -0.15) is 0 Å². The van der Waals surface area contributed by atoms with Crippen molar-refractivity contribution in [2.24, 2.45) is 5.73 Å². The van der Waals surface area contributed by atoms with Crippen LogP contribution in [0.4, 0.5) is 0 Å². The molecular weight excluding hydrogens is 160 g/mol. The smallest absolute Gasteiger partial charge is 0.211 e. The number of aliphatic hydroxyl groups is 1. The second kappa shape index (κ2) is 3.84. The molecule has 0 aliphatic carbocycles. The Balaban J connectivity index is 2.47. The van der Waals surface area contributed by atoms with E-state index < -0.39 is 0 Å². The van der Waals surface area contributed by atoms with E-state index in [1.54, 1.807) is 7.05 Å². The molecule has 0 radical (unpaired) electrons. The van der Waals surface area contributed by atoms with E-state index in [0.717, 1.165) is 0 Å². The van der Waals surface area contributed by atoms with Crippen LogP contribution in [0.3, 0.4) is 0 Å². The first-order valence-electron chi connectivity index (χ1n) is 3.88. The summed E-state index contributed by atoms with van der Waals surface area (Å²) < 4.78 is 5.30. The normalized spacial score (nSPS) is 35.1. The van der Waals surface area contributed by atoms with Crippen molar-refractivity contribution in [2.75, 3.05) is 13.7 Å². The van der Waals surface area contributed by atoms with Crippen molar-refractivity contribution in [2.45, 2.75) is 24.8 Å². The van der Waals surface area contributed by atoms with Crippen molar-refractivity contribution in [3.05, 3.63) is 0 Å². The molecule has 0 spiro atoms. The highest BCUT2D eigenvalue weighted by Crippen LogP contribution is 2.19. The summed E-state index contributed by atoms with van der Waals surface area (Å²) in [6, 6.07) is -0.178. The third-order valence-electron chi connectivity index (χ3n) is 2.08. The maximum absolute atomic E-state index is 10.3. The number of nitrogens with zero attached hydrogens (tertiary/aromatic N) is 1. The van der Waals surface area contributed by atoms with Gasteiger partial charge in [-0.05, 0) is 0 Å². The van der Waals surface area contributed by atoms with Gasteiger partial charge >= 0.3 is 0 Å². The minimum absolute atomic E-state index is 0.0929. The third kappa shape index (κ3) is 1.74. The van der Waals surface area contributed by atoms with Crippen LogP contribution in [0.1, 0.15) is 6.42 Å². The standard InChI is InChI=1S/C7H14N2O3/c1-9(4-11)7-2-5(8)6(3-10)12-7/h4-7,10H,2-3,8H2,1H3/t5-,6?,7?/m1/s1. The van der Waals surface area contributed by atoms with Crippen molar-refractivity contribution in [1.29, 1.82) is 0 Å². The highest BCUT2D eigenvalue weighted by molar-refractivity contribution is 5.46. The van der Waals surface area contributed by atoms with E-state index >= 15 is 0 Å². The van der Waals surface area contributed by atoms with Crippen molar-refractivity contribution >= 4 is 6.41 Å². The van der Waals surface area contributed by atoms with Gasteiger partial charge in [-0.15, -0.1) is 0 Å². The summed E-state index contributed by atoms with van der Waals surface area (Å²) in [6.07, 6.45) is 0.657. The first-order valence-corrected chi connectivity index (χ1v) is 3.88. The number of nitrogens with two attached hydrogens (primary N) is 1. The second-order valence-electron chi connectivity index (χ2n) is 2.98. The van der Waals surface area contributed by atoms with E-state index in [1.165, 1.54) is 4.90 Å². The van der Waals surface area contributed by atoms with E-state index in [0.29, 0.717) is 12.8 Å². The molecule has 70 valence electrons. The Kier molecular flexibility index (Phi) is 3.02. The zero-order valence-corrected chi connectivity index (χ0v) is 7.01. The fourth-order valence-corrected chi connectivity index (χ4v) is 1.25. The molecular formula is C7H14N2O3. The van der Waals surface area contributed by atoms with Gasteiger partial charge < -0.3 is 20.5 Å². The molecule has 0 aromatic heterocycles. The van der Waals surface area contributed by atoms with Crippen LogP contribution < -0.4 is 5.73 Å². The average Bonchev–Trinajstić information content (AvgIpc) is 2.45. The number of carbonyl (C=O) groups excluding carboxylic acids is 1. The number of carbonyl (C=O) groups is 1. The molecule has 2 unspecified atom stereocenters. The first-order chi connectivity index (χ1) is 5.69. The Morgan fingerprint density at radius 3 is 2.92 bits per heavy atom. The third-order valence-corrected chi connectivity index (χ3v) is 2.08. The highest BCUT2D eigenvalue weighted by atomic mass is 16.5. The predicted molar refractivity (Wildman–Crippen MR) is 42.2 cm³/mol. The lowest BCUT2D eigenvalue weighted by Crippen LogP contribution is -2.32. The Morgan fingerprint density at radius 1 is 1.83 bits per heavy atom. The summed E-state index contributed by atoms with van der Waals surface area (Å²) in [5.41, 5.74) is 5.64. The molecule has 1 aliphatic rings. The minimum Gasteiger partial charge on any atom is -0.394 e. The lowest BCUT2D eigenvalue weighted by atomic mass is 10.1. The molecule has 1 amide bonds. The second-order valence-corrected chi connectivity index (χ2v) is 2.98. The van der Waals surface area contributed by atoms with E-state index in [1.807, 2.05) is 0 Å². The molecule has 0 bridgehead atoms. The highest BCUT2D eigenvalue weighted by Gasteiger charge is 2.33. The van der Waals surface area contributed by atoms with Gasteiger partial charge in [0.05, 0.1) is 12.7 Å². The molecule has 1 saturated heterocycles. The largest absolute Gasteiger partial charge is 0.394 e. The molecule has 5 heteroatoms. The fraction of sp³-hybridized carbons (Fsp3) is 0.857. The molecule has 1 fully saturated rings. The number of aliphatic hydroxyl groups excluding tert-OH is 1. The summed E-state index contributed by atoms with van der Waals surface area (Å²) in [4.78, 5) is 11.7. The number of amides is 1. The zero-order chi connectivity index (χ0) is 9.14. The van der Waals surface area contributed by atoms with Crippen LogP contribution in [0.2, 0.25) is 0 Å².